The Balaban J connectivity index is 2.13. The predicted octanol–water partition coefficient (Wildman–Crippen LogP) is 3.26. The Morgan fingerprint density at radius 3 is 2.68 bits per heavy atom. The topological polar surface area (TPSA) is 93.6 Å². The van der Waals surface area contributed by atoms with Gasteiger partial charge in [0, 0.05) is 10.9 Å². The number of hydrogen-bond donors (Lipinski definition) is 2. The summed E-state index contributed by atoms with van der Waals surface area (Å²) in [5, 5.41) is 14.8. The predicted molar refractivity (Wildman–Crippen MR) is 96.7 cm³/mol. The number of rotatable bonds is 6. The van der Waals surface area contributed by atoms with Crippen LogP contribution in [0.15, 0.2) is 29.9 Å². The van der Waals surface area contributed by atoms with E-state index >= 15 is 0 Å². The van der Waals surface area contributed by atoms with Crippen LogP contribution in [0.1, 0.15) is 6.92 Å². The molecule has 0 saturated heterocycles. The summed E-state index contributed by atoms with van der Waals surface area (Å²) in [7, 11) is 3.17. The smallest absolute Gasteiger partial charge is 0.325 e. The highest BCUT2D eigenvalue weighted by atomic mass is 32.1. The Bertz CT molecular complexity index is 925. The van der Waals surface area contributed by atoms with Crippen molar-refractivity contribution in [2.75, 3.05) is 19.5 Å². The third-order valence-electron chi connectivity index (χ3n) is 3.79. The maximum absolute atomic E-state index is 11.2. The molecule has 7 nitrogen and oxygen atoms in total. The first-order valence-electron chi connectivity index (χ1n) is 7.49. The van der Waals surface area contributed by atoms with Gasteiger partial charge in [0.25, 0.3) is 0 Å². The molecule has 1 unspecified atom stereocenters. The van der Waals surface area contributed by atoms with Gasteiger partial charge in [-0.05, 0) is 24.6 Å². The van der Waals surface area contributed by atoms with Crippen molar-refractivity contribution in [3.05, 3.63) is 29.9 Å². The van der Waals surface area contributed by atoms with E-state index in [-0.39, 0.29) is 0 Å². The monoisotopic (exact) mass is 359 g/mol. The lowest BCUT2D eigenvalue weighted by Crippen LogP contribution is -2.26. The fraction of sp³-hybridized carbons (Fsp3) is 0.235. The van der Waals surface area contributed by atoms with Gasteiger partial charge in [-0.3, -0.25) is 4.79 Å². The Hall–Kier alpha value is -2.87. The average molecular weight is 359 g/mol. The Kier molecular flexibility index (Phi) is 4.71. The zero-order chi connectivity index (χ0) is 18.0. The first-order chi connectivity index (χ1) is 12.0. The number of nitrogens with zero attached hydrogens (tertiary/aromatic N) is 2. The number of carboxylic acids is 1. The SMILES string of the molecule is COc1ccc(-c2csc3ncnc(NC(C)C(=O)O)c23)cc1OC. The van der Waals surface area contributed by atoms with Gasteiger partial charge in [0.2, 0.25) is 0 Å². The first kappa shape index (κ1) is 17.0. The highest BCUT2D eigenvalue weighted by Crippen LogP contribution is 2.39. The number of benzene rings is 1. The summed E-state index contributed by atoms with van der Waals surface area (Å²) in [5.41, 5.74) is 1.81. The molecule has 0 aliphatic heterocycles. The second kappa shape index (κ2) is 6.94. The maximum atomic E-state index is 11.2. The van der Waals surface area contributed by atoms with Gasteiger partial charge in [0.15, 0.2) is 11.5 Å². The van der Waals surface area contributed by atoms with Crippen molar-refractivity contribution in [2.24, 2.45) is 0 Å². The van der Waals surface area contributed by atoms with E-state index in [4.69, 9.17) is 14.6 Å². The molecule has 8 heteroatoms. The molecule has 0 spiro atoms. The summed E-state index contributed by atoms with van der Waals surface area (Å²) < 4.78 is 10.6. The van der Waals surface area contributed by atoms with Gasteiger partial charge in [-0.1, -0.05) is 6.07 Å². The molecule has 0 fully saturated rings. The molecule has 0 bridgehead atoms. The van der Waals surface area contributed by atoms with Crippen molar-refractivity contribution < 1.29 is 19.4 Å². The van der Waals surface area contributed by atoms with E-state index in [0.29, 0.717) is 17.3 Å². The number of hydrogen-bond acceptors (Lipinski definition) is 7. The van der Waals surface area contributed by atoms with Crippen LogP contribution in [0.4, 0.5) is 5.82 Å². The highest BCUT2D eigenvalue weighted by molar-refractivity contribution is 7.17. The lowest BCUT2D eigenvalue weighted by Gasteiger charge is -2.12. The summed E-state index contributed by atoms with van der Waals surface area (Å²) in [4.78, 5) is 20.4. The third kappa shape index (κ3) is 3.20. The van der Waals surface area contributed by atoms with Crippen LogP contribution in [-0.2, 0) is 4.79 Å². The van der Waals surface area contributed by atoms with Gasteiger partial charge in [-0.25, -0.2) is 9.97 Å². The second-order valence-corrected chi connectivity index (χ2v) is 6.18. The highest BCUT2D eigenvalue weighted by Gasteiger charge is 2.18. The van der Waals surface area contributed by atoms with Gasteiger partial charge in [-0.2, -0.15) is 0 Å². The zero-order valence-corrected chi connectivity index (χ0v) is 14.8. The van der Waals surface area contributed by atoms with E-state index in [1.807, 2.05) is 23.6 Å². The van der Waals surface area contributed by atoms with Gasteiger partial charge in [-0.15, -0.1) is 11.3 Å². The molecule has 0 saturated carbocycles. The minimum Gasteiger partial charge on any atom is -0.493 e. The fourth-order valence-electron chi connectivity index (χ4n) is 2.47. The van der Waals surface area contributed by atoms with Crippen molar-refractivity contribution in [3.8, 4) is 22.6 Å². The standard InChI is InChI=1S/C17H17N3O4S/c1-9(17(21)22)20-15-14-11(7-25-16(14)19-8-18-15)10-4-5-12(23-2)13(6-10)24-3/h4-9H,1-3H3,(H,21,22)(H,18,19,20). The number of carbonyl (C=O) groups is 1. The van der Waals surface area contributed by atoms with Crippen LogP contribution >= 0.6 is 11.3 Å². The number of fused-ring (bicyclic) bond motifs is 1. The summed E-state index contributed by atoms with van der Waals surface area (Å²) >= 11 is 1.47. The van der Waals surface area contributed by atoms with Crippen LogP contribution in [0.25, 0.3) is 21.3 Å². The van der Waals surface area contributed by atoms with Gasteiger partial charge < -0.3 is 19.9 Å². The molecule has 3 rings (SSSR count). The third-order valence-corrected chi connectivity index (χ3v) is 4.67. The number of anilines is 1. The molecule has 3 aromatic rings. The number of aromatic nitrogens is 2. The zero-order valence-electron chi connectivity index (χ0n) is 13.9. The van der Waals surface area contributed by atoms with Crippen LogP contribution in [0.3, 0.4) is 0 Å². The molecule has 130 valence electrons. The number of carboxylic acid groups (broad SMARTS) is 1. The minimum absolute atomic E-state index is 0.492. The molecule has 0 amide bonds. The maximum Gasteiger partial charge on any atom is 0.325 e. The van der Waals surface area contributed by atoms with Crippen molar-refractivity contribution in [1.29, 1.82) is 0 Å². The second-order valence-electron chi connectivity index (χ2n) is 5.33. The summed E-state index contributed by atoms with van der Waals surface area (Å²) in [6, 6.07) is 4.85. The lowest BCUT2D eigenvalue weighted by molar-refractivity contribution is -0.137. The number of thiophene rings is 1. The molecule has 2 heterocycles. The number of aliphatic carboxylic acids is 1. The van der Waals surface area contributed by atoms with E-state index in [2.05, 4.69) is 15.3 Å². The Labute approximate surface area is 148 Å². The van der Waals surface area contributed by atoms with Crippen LogP contribution in [0.5, 0.6) is 11.5 Å². The largest absolute Gasteiger partial charge is 0.493 e. The summed E-state index contributed by atoms with van der Waals surface area (Å²) in [5.74, 6) is 0.796. The van der Waals surface area contributed by atoms with E-state index < -0.39 is 12.0 Å². The van der Waals surface area contributed by atoms with Crippen LogP contribution in [0, 0.1) is 0 Å². The minimum atomic E-state index is -0.949. The van der Waals surface area contributed by atoms with Gasteiger partial charge >= 0.3 is 5.97 Å². The number of ether oxygens (including phenoxy) is 2. The van der Waals surface area contributed by atoms with E-state index in [0.717, 1.165) is 21.3 Å². The van der Waals surface area contributed by atoms with Crippen molar-refractivity contribution in [2.45, 2.75) is 13.0 Å². The van der Waals surface area contributed by atoms with Crippen LogP contribution < -0.4 is 14.8 Å². The van der Waals surface area contributed by atoms with Gasteiger partial charge in [0.1, 0.15) is 23.0 Å². The molecule has 0 aliphatic rings. The molecule has 25 heavy (non-hydrogen) atoms. The molecule has 1 aromatic carbocycles. The Morgan fingerprint density at radius 2 is 2.00 bits per heavy atom. The van der Waals surface area contributed by atoms with E-state index in [1.165, 1.54) is 17.7 Å². The molecule has 2 N–H and O–H groups in total. The summed E-state index contributed by atoms with van der Waals surface area (Å²) in [6.45, 7) is 1.57. The molecular weight excluding hydrogens is 342 g/mol. The van der Waals surface area contributed by atoms with Crippen LogP contribution in [0.2, 0.25) is 0 Å². The molecule has 1 atom stereocenters. The first-order valence-corrected chi connectivity index (χ1v) is 8.37. The number of nitrogens with one attached hydrogen (secondary N) is 1. The normalized spacial score (nSPS) is 12.0. The molecular formula is C17H17N3O4S. The lowest BCUT2D eigenvalue weighted by atomic mass is 10.1. The summed E-state index contributed by atoms with van der Waals surface area (Å²) in [6.07, 6.45) is 1.42. The van der Waals surface area contributed by atoms with Crippen LogP contribution in [-0.4, -0.2) is 41.3 Å². The van der Waals surface area contributed by atoms with Gasteiger partial charge in [0.05, 0.1) is 19.6 Å². The number of methoxy groups -OCH3 is 2. The molecule has 0 radical (unpaired) electrons. The van der Waals surface area contributed by atoms with Crippen molar-refractivity contribution in [3.63, 3.8) is 0 Å². The van der Waals surface area contributed by atoms with Crippen molar-refractivity contribution >= 4 is 33.3 Å². The average Bonchev–Trinajstić information content (AvgIpc) is 3.06. The Morgan fingerprint density at radius 1 is 1.24 bits per heavy atom. The molecule has 2 aromatic heterocycles. The molecule has 0 aliphatic carbocycles. The van der Waals surface area contributed by atoms with E-state index in [1.54, 1.807) is 21.1 Å². The van der Waals surface area contributed by atoms with E-state index in [9.17, 15) is 4.79 Å². The quantitative estimate of drug-likeness (QED) is 0.697. The fourth-order valence-corrected chi connectivity index (χ4v) is 3.38. The van der Waals surface area contributed by atoms with Crippen molar-refractivity contribution in [1.82, 2.24) is 9.97 Å².